The van der Waals surface area contributed by atoms with E-state index in [-0.39, 0.29) is 11.8 Å². The Bertz CT molecular complexity index is 1020. The van der Waals surface area contributed by atoms with E-state index in [0.29, 0.717) is 22.0 Å². The number of aryl methyl sites for hydroxylation is 1. The molecule has 1 atom stereocenters. The Balaban J connectivity index is 2.13. The van der Waals surface area contributed by atoms with Crippen molar-refractivity contribution in [2.24, 2.45) is 11.7 Å². The van der Waals surface area contributed by atoms with Gasteiger partial charge in [-0.15, -0.1) is 5.10 Å². The van der Waals surface area contributed by atoms with Crippen molar-refractivity contribution in [3.63, 3.8) is 0 Å². The molecule has 2 aliphatic rings. The number of aromatic amines is 1. The van der Waals surface area contributed by atoms with E-state index >= 15 is 0 Å². The summed E-state index contributed by atoms with van der Waals surface area (Å²) in [7, 11) is 0. The zero-order valence-electron chi connectivity index (χ0n) is 14.1. The summed E-state index contributed by atoms with van der Waals surface area (Å²) in [6.45, 7) is 1.90. The predicted octanol–water partition coefficient (Wildman–Crippen LogP) is 3.42. The number of aromatic nitrogens is 2. The van der Waals surface area contributed by atoms with Crippen molar-refractivity contribution in [3.8, 4) is 18.0 Å². The number of nitrogens with zero attached hydrogens (tertiary/aromatic N) is 3. The van der Waals surface area contributed by atoms with Crippen LogP contribution in [0.1, 0.15) is 41.6 Å². The van der Waals surface area contributed by atoms with E-state index in [2.05, 4.69) is 22.3 Å². The smallest absolute Gasteiger partial charge is 0.244 e. The van der Waals surface area contributed by atoms with E-state index in [9.17, 15) is 10.5 Å². The Morgan fingerprint density at radius 2 is 2.08 bits per heavy atom. The molecule has 0 amide bonds. The van der Waals surface area contributed by atoms with Crippen LogP contribution < -0.4 is 10.5 Å². The molecule has 0 bridgehead atoms. The second kappa shape index (κ2) is 5.79. The Hall–Kier alpha value is -2.96. The first-order chi connectivity index (χ1) is 12.5. The molecule has 1 aromatic carbocycles. The van der Waals surface area contributed by atoms with Gasteiger partial charge in [0.2, 0.25) is 11.8 Å². The highest BCUT2D eigenvalue weighted by Gasteiger charge is 2.54. The van der Waals surface area contributed by atoms with Gasteiger partial charge in [-0.2, -0.15) is 10.5 Å². The molecular weight excluding hydrogens is 350 g/mol. The Kier molecular flexibility index (Phi) is 3.68. The first kappa shape index (κ1) is 16.5. The monoisotopic (exact) mass is 365 g/mol. The van der Waals surface area contributed by atoms with E-state index < -0.39 is 5.41 Å². The highest BCUT2D eigenvalue weighted by atomic mass is 35.5. The van der Waals surface area contributed by atoms with Crippen LogP contribution in [0.4, 0.5) is 0 Å². The number of nitriles is 2. The molecule has 1 fully saturated rings. The number of allylic oxidation sites excluding steroid dienone is 1. The number of nitrogens with one attached hydrogen (secondary N) is 1. The number of fused-ring (bicyclic) bond motifs is 1. The van der Waals surface area contributed by atoms with E-state index in [0.717, 1.165) is 36.1 Å². The first-order valence-corrected chi connectivity index (χ1v) is 8.75. The molecular formula is C19H16ClN5O. The van der Waals surface area contributed by atoms with Gasteiger partial charge < -0.3 is 10.5 Å². The zero-order chi connectivity index (χ0) is 18.5. The molecule has 0 saturated heterocycles. The number of hydrogen-bond donors (Lipinski definition) is 2. The van der Waals surface area contributed by atoms with Gasteiger partial charge in [0.15, 0.2) is 0 Å². The summed E-state index contributed by atoms with van der Waals surface area (Å²) in [5, 5.41) is 27.0. The van der Waals surface area contributed by atoms with Gasteiger partial charge >= 0.3 is 0 Å². The second-order valence-electron chi connectivity index (χ2n) is 6.76. The number of nitrogens with two attached hydrogens (primary N) is 1. The van der Waals surface area contributed by atoms with Crippen LogP contribution in [-0.4, -0.2) is 10.2 Å². The third-order valence-corrected chi connectivity index (χ3v) is 5.69. The zero-order valence-corrected chi connectivity index (χ0v) is 14.9. The fourth-order valence-corrected chi connectivity index (χ4v) is 4.45. The standard InChI is InChI=1S/C19H16ClN5O/c1-10-16-18(25-24-10)26-17(23)15(9-22)19(16,12-3-2-4-12)13-5-11(8-21)6-14(20)7-13/h5-7,12H,2-4,23H2,1H3,(H,24,25). The average molecular weight is 366 g/mol. The normalized spacial score (nSPS) is 22.0. The van der Waals surface area contributed by atoms with Gasteiger partial charge in [-0.05, 0) is 49.4 Å². The van der Waals surface area contributed by atoms with Crippen molar-refractivity contribution in [1.29, 1.82) is 10.5 Å². The molecule has 0 spiro atoms. The fraction of sp³-hybridized carbons (Fsp3) is 0.316. The first-order valence-electron chi connectivity index (χ1n) is 8.37. The molecule has 2 aromatic rings. The van der Waals surface area contributed by atoms with E-state index in [1.807, 2.05) is 13.0 Å². The van der Waals surface area contributed by atoms with Crippen LogP contribution in [0.25, 0.3) is 0 Å². The van der Waals surface area contributed by atoms with Crippen molar-refractivity contribution >= 4 is 11.6 Å². The summed E-state index contributed by atoms with van der Waals surface area (Å²) in [5.41, 5.74) is 8.50. The molecule has 1 aromatic heterocycles. The number of halogens is 1. The maximum atomic E-state index is 9.98. The summed E-state index contributed by atoms with van der Waals surface area (Å²) >= 11 is 6.31. The summed E-state index contributed by atoms with van der Waals surface area (Å²) in [6.07, 6.45) is 2.96. The van der Waals surface area contributed by atoms with Crippen molar-refractivity contribution in [2.45, 2.75) is 31.6 Å². The molecule has 1 aliphatic carbocycles. The molecule has 4 rings (SSSR count). The average Bonchev–Trinajstić information content (AvgIpc) is 2.93. The van der Waals surface area contributed by atoms with Crippen LogP contribution in [0.5, 0.6) is 5.88 Å². The van der Waals surface area contributed by atoms with Crippen LogP contribution in [0.3, 0.4) is 0 Å². The molecule has 26 heavy (non-hydrogen) atoms. The van der Waals surface area contributed by atoms with Gasteiger partial charge in [-0.1, -0.05) is 18.0 Å². The third kappa shape index (κ3) is 2.06. The number of hydrogen-bond acceptors (Lipinski definition) is 5. The van der Waals surface area contributed by atoms with Gasteiger partial charge in [0.05, 0.1) is 22.6 Å². The van der Waals surface area contributed by atoms with Crippen LogP contribution in [0, 0.1) is 35.5 Å². The molecule has 6 nitrogen and oxygen atoms in total. The number of rotatable bonds is 2. The van der Waals surface area contributed by atoms with Gasteiger partial charge in [0.1, 0.15) is 11.6 Å². The van der Waals surface area contributed by atoms with Gasteiger partial charge in [0.25, 0.3) is 0 Å². The lowest BCUT2D eigenvalue weighted by atomic mass is 9.55. The van der Waals surface area contributed by atoms with Crippen molar-refractivity contribution in [1.82, 2.24) is 10.2 Å². The SMILES string of the molecule is Cc1[nH]nc2c1C(c1cc(Cl)cc(C#N)c1)(C1CCC1)C(C#N)=C(N)O2. The van der Waals surface area contributed by atoms with Crippen LogP contribution >= 0.6 is 11.6 Å². The molecule has 0 radical (unpaired) electrons. The Morgan fingerprint density at radius 1 is 1.31 bits per heavy atom. The minimum absolute atomic E-state index is 0.0527. The van der Waals surface area contributed by atoms with Crippen LogP contribution in [0.15, 0.2) is 29.7 Å². The number of H-pyrrole nitrogens is 1. The van der Waals surface area contributed by atoms with Crippen molar-refractivity contribution < 1.29 is 4.74 Å². The number of ether oxygens (including phenoxy) is 1. The lowest BCUT2D eigenvalue weighted by Crippen LogP contribution is -2.46. The molecule has 3 N–H and O–H groups in total. The molecule has 2 heterocycles. The third-order valence-electron chi connectivity index (χ3n) is 5.47. The van der Waals surface area contributed by atoms with E-state index in [4.69, 9.17) is 22.1 Å². The maximum absolute atomic E-state index is 9.98. The van der Waals surface area contributed by atoms with Crippen LogP contribution in [-0.2, 0) is 5.41 Å². The van der Waals surface area contributed by atoms with Crippen LogP contribution in [0.2, 0.25) is 5.02 Å². The van der Waals surface area contributed by atoms with Gasteiger partial charge in [-0.3, -0.25) is 5.10 Å². The lowest BCUT2D eigenvalue weighted by Gasteiger charge is -2.47. The van der Waals surface area contributed by atoms with Crippen molar-refractivity contribution in [2.75, 3.05) is 0 Å². The molecule has 1 saturated carbocycles. The summed E-state index contributed by atoms with van der Waals surface area (Å²) in [6, 6.07) is 9.63. The Labute approximate surface area is 155 Å². The minimum atomic E-state index is -0.821. The molecule has 7 heteroatoms. The highest BCUT2D eigenvalue weighted by Crippen LogP contribution is 2.57. The lowest BCUT2D eigenvalue weighted by molar-refractivity contribution is 0.207. The van der Waals surface area contributed by atoms with Gasteiger partial charge in [-0.25, -0.2) is 0 Å². The summed E-state index contributed by atoms with van der Waals surface area (Å²) < 4.78 is 5.63. The second-order valence-corrected chi connectivity index (χ2v) is 7.19. The Morgan fingerprint density at radius 3 is 2.69 bits per heavy atom. The topological polar surface area (TPSA) is 112 Å². The maximum Gasteiger partial charge on any atom is 0.244 e. The van der Waals surface area contributed by atoms with Crippen molar-refractivity contribution in [3.05, 3.63) is 57.1 Å². The molecule has 1 unspecified atom stereocenters. The van der Waals surface area contributed by atoms with E-state index in [1.54, 1.807) is 12.1 Å². The highest BCUT2D eigenvalue weighted by molar-refractivity contribution is 6.30. The molecule has 1 aliphatic heterocycles. The number of benzene rings is 1. The summed E-state index contributed by atoms with van der Waals surface area (Å²) in [5.74, 6) is 0.584. The summed E-state index contributed by atoms with van der Waals surface area (Å²) in [4.78, 5) is 0. The van der Waals surface area contributed by atoms with Gasteiger partial charge in [0, 0.05) is 10.7 Å². The minimum Gasteiger partial charge on any atom is -0.420 e. The fourth-order valence-electron chi connectivity index (χ4n) is 4.22. The predicted molar refractivity (Wildman–Crippen MR) is 95.1 cm³/mol. The van der Waals surface area contributed by atoms with E-state index in [1.165, 1.54) is 0 Å². The largest absolute Gasteiger partial charge is 0.420 e. The quantitative estimate of drug-likeness (QED) is 0.846. The molecule has 130 valence electrons.